The molecule has 0 spiro atoms. The molecule has 120 valence electrons. The van der Waals surface area contributed by atoms with Gasteiger partial charge in [-0.15, -0.1) is 0 Å². The minimum Gasteiger partial charge on any atom is -0.426 e. The molecule has 0 bridgehead atoms. The predicted octanol–water partition coefficient (Wildman–Crippen LogP) is 4.43. The Balaban J connectivity index is 2.16. The van der Waals surface area contributed by atoms with Gasteiger partial charge in [0.05, 0.1) is 0 Å². The minimum atomic E-state index is -0.327. The predicted molar refractivity (Wildman–Crippen MR) is 90.8 cm³/mol. The van der Waals surface area contributed by atoms with E-state index in [1.807, 2.05) is 56.3 Å². The van der Waals surface area contributed by atoms with Crippen LogP contribution in [0.4, 0.5) is 0 Å². The van der Waals surface area contributed by atoms with E-state index in [-0.39, 0.29) is 17.7 Å². The van der Waals surface area contributed by atoms with Gasteiger partial charge in [-0.2, -0.15) is 0 Å². The summed E-state index contributed by atoms with van der Waals surface area (Å²) in [6.45, 7) is 5.36. The molecule has 1 atom stereocenters. The van der Waals surface area contributed by atoms with Gasteiger partial charge in [-0.1, -0.05) is 56.3 Å². The molecule has 2 aromatic carbocycles. The topological polar surface area (TPSA) is 43.4 Å². The van der Waals surface area contributed by atoms with Crippen molar-refractivity contribution in [2.45, 2.75) is 33.6 Å². The molecule has 0 saturated heterocycles. The molecule has 0 aliphatic rings. The number of hydrogen-bond acceptors (Lipinski definition) is 3. The zero-order valence-corrected chi connectivity index (χ0v) is 13.8. The highest BCUT2D eigenvalue weighted by molar-refractivity contribution is 5.97. The second kappa shape index (κ2) is 7.73. The van der Waals surface area contributed by atoms with E-state index >= 15 is 0 Å². The van der Waals surface area contributed by atoms with Crippen LogP contribution in [0.1, 0.15) is 48.7 Å². The van der Waals surface area contributed by atoms with Crippen LogP contribution in [0.2, 0.25) is 0 Å². The fourth-order valence-electron chi connectivity index (χ4n) is 2.38. The molecule has 23 heavy (non-hydrogen) atoms. The zero-order valence-electron chi connectivity index (χ0n) is 13.8. The second-order valence-corrected chi connectivity index (χ2v) is 5.75. The van der Waals surface area contributed by atoms with Crippen molar-refractivity contribution in [3.05, 3.63) is 65.2 Å². The van der Waals surface area contributed by atoms with Gasteiger partial charge in [-0.3, -0.25) is 9.59 Å². The Morgan fingerprint density at radius 3 is 2.30 bits per heavy atom. The number of para-hydroxylation sites is 1. The molecular weight excluding hydrogens is 288 g/mol. The van der Waals surface area contributed by atoms with Gasteiger partial charge < -0.3 is 4.74 Å². The van der Waals surface area contributed by atoms with Crippen molar-refractivity contribution < 1.29 is 14.3 Å². The standard InChI is InChI=1S/C20H22O3/c1-4-14(2)20(22)17-11-9-16(10-12-17)13-18-7-5-6-8-19(18)23-15(3)21/h5-12,14H,4,13H2,1-3H3. The molecule has 0 saturated carbocycles. The van der Waals surface area contributed by atoms with Crippen molar-refractivity contribution in [2.24, 2.45) is 5.92 Å². The number of hydrogen-bond donors (Lipinski definition) is 0. The number of ether oxygens (including phenoxy) is 1. The molecule has 0 heterocycles. The second-order valence-electron chi connectivity index (χ2n) is 5.75. The number of esters is 1. The number of benzene rings is 2. The van der Waals surface area contributed by atoms with E-state index in [0.29, 0.717) is 12.2 Å². The number of carbonyl (C=O) groups is 2. The molecule has 0 N–H and O–H groups in total. The third-order valence-corrected chi connectivity index (χ3v) is 3.92. The van der Waals surface area contributed by atoms with Crippen molar-refractivity contribution in [1.29, 1.82) is 0 Å². The van der Waals surface area contributed by atoms with Crippen LogP contribution in [0, 0.1) is 5.92 Å². The molecule has 0 aliphatic heterocycles. The maximum Gasteiger partial charge on any atom is 0.308 e. The largest absolute Gasteiger partial charge is 0.426 e. The lowest BCUT2D eigenvalue weighted by atomic mass is 9.95. The summed E-state index contributed by atoms with van der Waals surface area (Å²) in [7, 11) is 0. The molecule has 0 amide bonds. The van der Waals surface area contributed by atoms with Crippen LogP contribution in [0.3, 0.4) is 0 Å². The fourth-order valence-corrected chi connectivity index (χ4v) is 2.38. The van der Waals surface area contributed by atoms with Gasteiger partial charge in [-0.05, 0) is 23.6 Å². The molecule has 3 nitrogen and oxygen atoms in total. The number of Topliss-reactive ketones (excluding diaryl/α,β-unsaturated/α-hetero) is 1. The van der Waals surface area contributed by atoms with Crippen LogP contribution >= 0.6 is 0 Å². The molecule has 1 unspecified atom stereocenters. The lowest BCUT2D eigenvalue weighted by Crippen LogP contribution is -2.10. The van der Waals surface area contributed by atoms with Crippen molar-refractivity contribution in [3.8, 4) is 5.75 Å². The number of rotatable bonds is 6. The molecule has 0 radical (unpaired) electrons. The molecule has 2 rings (SSSR count). The third kappa shape index (κ3) is 4.52. The highest BCUT2D eigenvalue weighted by Crippen LogP contribution is 2.22. The Kier molecular flexibility index (Phi) is 5.69. The van der Waals surface area contributed by atoms with E-state index in [1.54, 1.807) is 6.07 Å². The maximum absolute atomic E-state index is 12.2. The monoisotopic (exact) mass is 310 g/mol. The number of carbonyl (C=O) groups excluding carboxylic acids is 2. The average Bonchev–Trinajstić information content (AvgIpc) is 2.55. The quantitative estimate of drug-likeness (QED) is 0.450. The molecule has 3 heteroatoms. The maximum atomic E-state index is 12.2. The Morgan fingerprint density at radius 1 is 1.04 bits per heavy atom. The summed E-state index contributed by atoms with van der Waals surface area (Å²) in [5.74, 6) is 0.483. The van der Waals surface area contributed by atoms with E-state index in [0.717, 1.165) is 23.1 Å². The Morgan fingerprint density at radius 2 is 1.70 bits per heavy atom. The van der Waals surface area contributed by atoms with Crippen LogP contribution in [0.15, 0.2) is 48.5 Å². The first-order valence-corrected chi connectivity index (χ1v) is 7.90. The number of ketones is 1. The van der Waals surface area contributed by atoms with Gasteiger partial charge in [0, 0.05) is 24.8 Å². The van der Waals surface area contributed by atoms with E-state index in [4.69, 9.17) is 4.74 Å². The molecule has 2 aromatic rings. The van der Waals surface area contributed by atoms with Crippen LogP contribution < -0.4 is 4.74 Å². The highest BCUT2D eigenvalue weighted by Gasteiger charge is 2.13. The molecular formula is C20H22O3. The van der Waals surface area contributed by atoms with Gasteiger partial charge in [0.15, 0.2) is 5.78 Å². The van der Waals surface area contributed by atoms with Gasteiger partial charge in [0.25, 0.3) is 0 Å². The summed E-state index contributed by atoms with van der Waals surface area (Å²) in [6, 6.07) is 15.2. The van der Waals surface area contributed by atoms with E-state index < -0.39 is 0 Å². The van der Waals surface area contributed by atoms with Crippen LogP contribution in [-0.2, 0) is 11.2 Å². The molecule has 0 aliphatic carbocycles. The van der Waals surface area contributed by atoms with Crippen molar-refractivity contribution in [2.75, 3.05) is 0 Å². The van der Waals surface area contributed by atoms with Crippen LogP contribution in [-0.4, -0.2) is 11.8 Å². The van der Waals surface area contributed by atoms with Gasteiger partial charge in [0.2, 0.25) is 0 Å². The SMILES string of the molecule is CCC(C)C(=O)c1ccc(Cc2ccccc2OC(C)=O)cc1. The Bertz CT molecular complexity index is 686. The normalized spacial score (nSPS) is 11.8. The van der Waals surface area contributed by atoms with Crippen LogP contribution in [0.25, 0.3) is 0 Å². The summed E-state index contributed by atoms with van der Waals surface area (Å²) in [6.07, 6.45) is 1.50. The highest BCUT2D eigenvalue weighted by atomic mass is 16.5. The van der Waals surface area contributed by atoms with E-state index in [2.05, 4.69) is 0 Å². The summed E-state index contributed by atoms with van der Waals surface area (Å²) in [4.78, 5) is 23.3. The first-order chi connectivity index (χ1) is 11.0. The first kappa shape index (κ1) is 16.9. The van der Waals surface area contributed by atoms with Gasteiger partial charge >= 0.3 is 5.97 Å². The summed E-state index contributed by atoms with van der Waals surface area (Å²) < 4.78 is 5.23. The summed E-state index contributed by atoms with van der Waals surface area (Å²) in [5, 5.41) is 0. The Labute approximate surface area is 137 Å². The lowest BCUT2D eigenvalue weighted by molar-refractivity contribution is -0.131. The Hall–Kier alpha value is -2.42. The van der Waals surface area contributed by atoms with Gasteiger partial charge in [0.1, 0.15) is 5.75 Å². The smallest absolute Gasteiger partial charge is 0.308 e. The van der Waals surface area contributed by atoms with E-state index in [1.165, 1.54) is 6.92 Å². The van der Waals surface area contributed by atoms with Gasteiger partial charge in [-0.25, -0.2) is 0 Å². The third-order valence-electron chi connectivity index (χ3n) is 3.92. The van der Waals surface area contributed by atoms with Crippen LogP contribution in [0.5, 0.6) is 5.75 Å². The van der Waals surface area contributed by atoms with Crippen molar-refractivity contribution in [3.63, 3.8) is 0 Å². The fraction of sp³-hybridized carbons (Fsp3) is 0.300. The zero-order chi connectivity index (χ0) is 16.8. The summed E-state index contributed by atoms with van der Waals surface area (Å²) in [5.41, 5.74) is 2.77. The average molecular weight is 310 g/mol. The molecule has 0 fully saturated rings. The minimum absolute atomic E-state index is 0.0468. The van der Waals surface area contributed by atoms with E-state index in [9.17, 15) is 9.59 Å². The van der Waals surface area contributed by atoms with Crippen molar-refractivity contribution in [1.82, 2.24) is 0 Å². The first-order valence-electron chi connectivity index (χ1n) is 7.90. The summed E-state index contributed by atoms with van der Waals surface area (Å²) >= 11 is 0. The lowest BCUT2D eigenvalue weighted by Gasteiger charge is -2.10. The van der Waals surface area contributed by atoms with Crippen molar-refractivity contribution >= 4 is 11.8 Å². The molecule has 0 aromatic heterocycles.